The van der Waals surface area contributed by atoms with Gasteiger partial charge in [-0.1, -0.05) is 34.6 Å². The van der Waals surface area contributed by atoms with Gasteiger partial charge in [0.2, 0.25) is 5.82 Å². The van der Waals surface area contributed by atoms with Crippen LogP contribution in [0.15, 0.2) is 53.1 Å². The molecule has 28 heavy (non-hydrogen) atoms. The highest BCUT2D eigenvalue weighted by atomic mass is 19.1. The first kappa shape index (κ1) is 17.9. The maximum Gasteiger partial charge on any atom is 0.280 e. The van der Waals surface area contributed by atoms with E-state index in [1.807, 2.05) is 0 Å². The predicted octanol–water partition coefficient (Wildman–Crippen LogP) is 3.45. The van der Waals surface area contributed by atoms with E-state index in [9.17, 15) is 8.78 Å². The average molecular weight is 383 g/mol. The molecule has 0 N–H and O–H groups in total. The Bertz CT molecular complexity index is 1110. The molecule has 2 heterocycles. The number of benzene rings is 2. The van der Waals surface area contributed by atoms with Crippen LogP contribution in [0.2, 0.25) is 0 Å². The van der Waals surface area contributed by atoms with Crippen molar-refractivity contribution in [2.24, 2.45) is 0 Å². The molecule has 2 aromatic carbocycles. The van der Waals surface area contributed by atoms with Gasteiger partial charge in [-0.15, -0.1) is 5.10 Å². The monoisotopic (exact) mass is 383 g/mol. The second-order valence-electron chi connectivity index (χ2n) is 5.89. The predicted molar refractivity (Wildman–Crippen MR) is 95.6 cm³/mol. The van der Waals surface area contributed by atoms with E-state index in [2.05, 4.69) is 20.5 Å². The first-order valence-corrected chi connectivity index (χ1v) is 8.46. The Morgan fingerprint density at radius 3 is 2.54 bits per heavy atom. The number of hydrogen-bond donors (Lipinski definition) is 0. The van der Waals surface area contributed by atoms with Crippen LogP contribution in [0.3, 0.4) is 0 Å². The van der Waals surface area contributed by atoms with Crippen LogP contribution < -0.4 is 0 Å². The maximum absolute atomic E-state index is 14.2. The molecule has 4 rings (SSSR count). The molecule has 2 aromatic heterocycles. The van der Waals surface area contributed by atoms with Gasteiger partial charge in [-0.2, -0.15) is 4.98 Å². The molecular weight excluding hydrogens is 368 g/mol. The Kier molecular flexibility index (Phi) is 4.90. The molecule has 0 aliphatic heterocycles. The zero-order chi connectivity index (χ0) is 19.5. The SMILES string of the molecule is COCCc1c(-c2nc(-c3ccccc3F)no2)nnn1-c1ccccc1F. The Balaban J connectivity index is 1.78. The summed E-state index contributed by atoms with van der Waals surface area (Å²) in [5.41, 5.74) is 1.27. The number of hydrogen-bond acceptors (Lipinski definition) is 6. The molecule has 0 saturated heterocycles. The summed E-state index contributed by atoms with van der Waals surface area (Å²) >= 11 is 0. The third kappa shape index (κ3) is 3.27. The fourth-order valence-electron chi connectivity index (χ4n) is 2.78. The minimum atomic E-state index is -0.468. The fourth-order valence-corrected chi connectivity index (χ4v) is 2.78. The summed E-state index contributed by atoms with van der Waals surface area (Å²) in [4.78, 5) is 4.24. The number of methoxy groups -OCH3 is 1. The zero-order valence-corrected chi connectivity index (χ0v) is 14.8. The molecule has 0 fully saturated rings. The van der Waals surface area contributed by atoms with Gasteiger partial charge in [-0.25, -0.2) is 13.5 Å². The van der Waals surface area contributed by atoms with Gasteiger partial charge in [0.1, 0.15) is 17.3 Å². The van der Waals surface area contributed by atoms with Crippen molar-refractivity contribution in [1.29, 1.82) is 0 Å². The molecule has 0 amide bonds. The molecule has 4 aromatic rings. The summed E-state index contributed by atoms with van der Waals surface area (Å²) in [6.45, 7) is 0.350. The van der Waals surface area contributed by atoms with Crippen LogP contribution in [0, 0.1) is 11.6 Å². The van der Waals surface area contributed by atoms with Crippen molar-refractivity contribution in [2.75, 3.05) is 13.7 Å². The number of aromatic nitrogens is 5. The quantitative estimate of drug-likeness (QED) is 0.507. The van der Waals surface area contributed by atoms with E-state index in [1.165, 1.54) is 16.8 Å². The van der Waals surface area contributed by atoms with E-state index < -0.39 is 11.6 Å². The van der Waals surface area contributed by atoms with Crippen molar-refractivity contribution < 1.29 is 18.0 Å². The molecule has 0 radical (unpaired) electrons. The lowest BCUT2D eigenvalue weighted by Crippen LogP contribution is -2.07. The van der Waals surface area contributed by atoms with Gasteiger partial charge in [-0.05, 0) is 24.3 Å². The number of ether oxygens (including phenoxy) is 1. The number of nitrogens with zero attached hydrogens (tertiary/aromatic N) is 5. The Morgan fingerprint density at radius 2 is 1.79 bits per heavy atom. The minimum absolute atomic E-state index is 0.0620. The van der Waals surface area contributed by atoms with Crippen molar-refractivity contribution in [1.82, 2.24) is 25.1 Å². The standard InChI is InChI=1S/C19H15F2N5O2/c1-27-11-10-16-17(23-25-26(16)15-9-5-4-8-14(15)21)19-22-18(24-28-19)12-6-2-3-7-13(12)20/h2-9H,10-11H2,1H3. The second kappa shape index (κ2) is 7.65. The highest BCUT2D eigenvalue weighted by Crippen LogP contribution is 2.27. The molecular formula is C19H15F2N5O2. The highest BCUT2D eigenvalue weighted by molar-refractivity contribution is 5.59. The van der Waals surface area contributed by atoms with Gasteiger partial charge in [-0.3, -0.25) is 0 Å². The third-order valence-electron chi connectivity index (χ3n) is 4.13. The fraction of sp³-hybridized carbons (Fsp3) is 0.158. The van der Waals surface area contributed by atoms with Gasteiger partial charge in [0.25, 0.3) is 5.89 Å². The van der Waals surface area contributed by atoms with Crippen molar-refractivity contribution in [3.05, 3.63) is 65.9 Å². The van der Waals surface area contributed by atoms with Crippen LogP contribution in [-0.4, -0.2) is 38.9 Å². The van der Waals surface area contributed by atoms with Gasteiger partial charge in [0.15, 0.2) is 5.69 Å². The summed E-state index contributed by atoms with van der Waals surface area (Å²) in [5.74, 6) is -0.766. The molecule has 7 nitrogen and oxygen atoms in total. The van der Waals surface area contributed by atoms with Crippen molar-refractivity contribution in [2.45, 2.75) is 6.42 Å². The summed E-state index contributed by atoms with van der Waals surface area (Å²) in [6, 6.07) is 12.3. The molecule has 9 heteroatoms. The van der Waals surface area contributed by atoms with E-state index in [1.54, 1.807) is 43.5 Å². The summed E-state index contributed by atoms with van der Waals surface area (Å²) < 4.78 is 40.0. The largest absolute Gasteiger partial charge is 0.384 e. The second-order valence-corrected chi connectivity index (χ2v) is 5.89. The van der Waals surface area contributed by atoms with Crippen molar-refractivity contribution in [3.63, 3.8) is 0 Å². The van der Waals surface area contributed by atoms with E-state index in [4.69, 9.17) is 9.26 Å². The van der Waals surface area contributed by atoms with Crippen molar-refractivity contribution >= 4 is 0 Å². The smallest absolute Gasteiger partial charge is 0.280 e. The third-order valence-corrected chi connectivity index (χ3v) is 4.13. The molecule has 0 atom stereocenters. The first-order chi connectivity index (χ1) is 13.7. The van der Waals surface area contributed by atoms with Crippen LogP contribution in [-0.2, 0) is 11.2 Å². The molecule has 0 spiro atoms. The average Bonchev–Trinajstić information content (AvgIpc) is 3.34. The maximum atomic E-state index is 14.2. The van der Waals surface area contributed by atoms with Crippen LogP contribution in [0.1, 0.15) is 5.69 Å². The van der Waals surface area contributed by atoms with Gasteiger partial charge in [0.05, 0.1) is 17.9 Å². The number of para-hydroxylation sites is 1. The van der Waals surface area contributed by atoms with E-state index in [0.717, 1.165) is 0 Å². The Labute approximate surface area is 158 Å². The summed E-state index contributed by atoms with van der Waals surface area (Å²) in [7, 11) is 1.56. The molecule has 0 unspecified atom stereocenters. The van der Waals surface area contributed by atoms with Crippen LogP contribution >= 0.6 is 0 Å². The highest BCUT2D eigenvalue weighted by Gasteiger charge is 2.23. The molecule has 0 aliphatic carbocycles. The van der Waals surface area contributed by atoms with E-state index in [0.29, 0.717) is 18.7 Å². The lowest BCUT2D eigenvalue weighted by Gasteiger charge is -2.07. The number of halogens is 2. The van der Waals surface area contributed by atoms with Gasteiger partial charge < -0.3 is 9.26 Å². The van der Waals surface area contributed by atoms with Crippen LogP contribution in [0.25, 0.3) is 28.7 Å². The van der Waals surface area contributed by atoms with Gasteiger partial charge in [0, 0.05) is 13.5 Å². The topological polar surface area (TPSA) is 78.9 Å². The van der Waals surface area contributed by atoms with Crippen LogP contribution in [0.5, 0.6) is 0 Å². The lowest BCUT2D eigenvalue weighted by atomic mass is 10.2. The van der Waals surface area contributed by atoms with Gasteiger partial charge >= 0.3 is 0 Å². The molecule has 0 saturated carbocycles. The molecule has 142 valence electrons. The first-order valence-electron chi connectivity index (χ1n) is 8.46. The number of rotatable bonds is 6. The van der Waals surface area contributed by atoms with Crippen molar-refractivity contribution in [3.8, 4) is 28.7 Å². The lowest BCUT2D eigenvalue weighted by molar-refractivity contribution is 0.201. The Hall–Kier alpha value is -3.46. The molecule has 0 aliphatic rings. The normalized spacial score (nSPS) is 11.1. The van der Waals surface area contributed by atoms with Crippen LogP contribution in [0.4, 0.5) is 8.78 Å². The zero-order valence-electron chi connectivity index (χ0n) is 14.8. The van der Waals surface area contributed by atoms with E-state index >= 15 is 0 Å². The minimum Gasteiger partial charge on any atom is -0.384 e. The van der Waals surface area contributed by atoms with E-state index in [-0.39, 0.29) is 28.7 Å². The molecule has 0 bridgehead atoms. The Morgan fingerprint density at radius 1 is 1.04 bits per heavy atom. The summed E-state index contributed by atoms with van der Waals surface area (Å²) in [5, 5.41) is 12.0. The summed E-state index contributed by atoms with van der Waals surface area (Å²) in [6.07, 6.45) is 0.380.